The Bertz CT molecular complexity index is 588. The number of nitrogens with zero attached hydrogens (tertiary/aromatic N) is 1. The number of para-hydroxylation sites is 1. The van der Waals surface area contributed by atoms with Crippen molar-refractivity contribution in [2.75, 3.05) is 18.6 Å². The Balaban J connectivity index is 2.45. The van der Waals surface area contributed by atoms with Gasteiger partial charge in [0.2, 0.25) is 11.8 Å². The summed E-state index contributed by atoms with van der Waals surface area (Å²) in [5, 5.41) is 0.242. The highest BCUT2D eigenvalue weighted by Crippen LogP contribution is 2.34. The van der Waals surface area contributed by atoms with Crippen LogP contribution in [-0.2, 0) is 14.3 Å². The maximum Gasteiger partial charge on any atom is 0.340 e. The van der Waals surface area contributed by atoms with E-state index in [1.165, 1.54) is 18.1 Å². The van der Waals surface area contributed by atoms with Gasteiger partial charge in [0.15, 0.2) is 0 Å². The Labute approximate surface area is 120 Å². The summed E-state index contributed by atoms with van der Waals surface area (Å²) >= 11 is 6.09. The standard InChI is InChI=1S/C13H13ClN2O4/c1-20-13(19)8-3-2-4-9(14)11(8)16-6-7(12(15)18)5-10(16)17/h2-4,7H,5-6H2,1H3,(H2,15,18). The average Bonchev–Trinajstić information content (AvgIpc) is 2.79. The van der Waals surface area contributed by atoms with E-state index in [1.807, 2.05) is 0 Å². The van der Waals surface area contributed by atoms with Crippen molar-refractivity contribution >= 4 is 35.1 Å². The molecule has 2 N–H and O–H groups in total. The van der Waals surface area contributed by atoms with Gasteiger partial charge in [-0.15, -0.1) is 0 Å². The Hall–Kier alpha value is -2.08. The number of hydrogen-bond donors (Lipinski definition) is 1. The highest BCUT2D eigenvalue weighted by atomic mass is 35.5. The topological polar surface area (TPSA) is 89.7 Å². The van der Waals surface area contributed by atoms with Crippen LogP contribution in [0.2, 0.25) is 5.02 Å². The fraction of sp³-hybridized carbons (Fsp3) is 0.308. The first-order valence-electron chi connectivity index (χ1n) is 5.92. The molecule has 0 spiro atoms. The van der Waals surface area contributed by atoms with Gasteiger partial charge in [-0.05, 0) is 12.1 Å². The number of primary amides is 1. The van der Waals surface area contributed by atoms with Crippen molar-refractivity contribution in [3.8, 4) is 0 Å². The second-order valence-corrected chi connectivity index (χ2v) is 4.84. The molecule has 1 fully saturated rings. The Morgan fingerprint density at radius 3 is 2.70 bits per heavy atom. The van der Waals surface area contributed by atoms with Crippen molar-refractivity contribution in [1.82, 2.24) is 0 Å². The summed E-state index contributed by atoms with van der Waals surface area (Å²) in [5.74, 6) is -2.03. The maximum absolute atomic E-state index is 12.0. The number of halogens is 1. The summed E-state index contributed by atoms with van der Waals surface area (Å²) in [7, 11) is 1.24. The van der Waals surface area contributed by atoms with E-state index >= 15 is 0 Å². The molecule has 0 aromatic heterocycles. The van der Waals surface area contributed by atoms with E-state index in [0.717, 1.165) is 0 Å². The summed E-state index contributed by atoms with van der Waals surface area (Å²) < 4.78 is 4.67. The maximum atomic E-state index is 12.0. The Morgan fingerprint density at radius 2 is 2.15 bits per heavy atom. The molecule has 1 aromatic rings. The summed E-state index contributed by atoms with van der Waals surface area (Å²) in [6.07, 6.45) is 0.0150. The summed E-state index contributed by atoms with van der Waals surface area (Å²) in [6.45, 7) is 0.113. The number of ether oxygens (including phenoxy) is 1. The lowest BCUT2D eigenvalue weighted by molar-refractivity contribution is -0.123. The number of amides is 2. The van der Waals surface area contributed by atoms with Gasteiger partial charge in [-0.1, -0.05) is 17.7 Å². The third-order valence-electron chi connectivity index (χ3n) is 3.19. The van der Waals surface area contributed by atoms with Crippen LogP contribution in [0.1, 0.15) is 16.8 Å². The first-order chi connectivity index (χ1) is 9.45. The third kappa shape index (κ3) is 2.46. The molecule has 1 atom stereocenters. The number of anilines is 1. The summed E-state index contributed by atoms with van der Waals surface area (Å²) in [4.78, 5) is 36.3. The molecule has 1 aliphatic heterocycles. The van der Waals surface area contributed by atoms with Gasteiger partial charge in [0.05, 0.1) is 29.3 Å². The highest BCUT2D eigenvalue weighted by Gasteiger charge is 2.36. The van der Waals surface area contributed by atoms with Gasteiger partial charge in [-0.2, -0.15) is 0 Å². The van der Waals surface area contributed by atoms with Crippen molar-refractivity contribution in [3.05, 3.63) is 28.8 Å². The van der Waals surface area contributed by atoms with Gasteiger partial charge >= 0.3 is 5.97 Å². The normalized spacial score (nSPS) is 18.2. The highest BCUT2D eigenvalue weighted by molar-refractivity contribution is 6.35. The Morgan fingerprint density at radius 1 is 1.45 bits per heavy atom. The van der Waals surface area contributed by atoms with Gasteiger partial charge in [-0.25, -0.2) is 4.79 Å². The lowest BCUT2D eigenvalue weighted by atomic mass is 10.1. The number of benzene rings is 1. The van der Waals surface area contributed by atoms with E-state index in [9.17, 15) is 14.4 Å². The van der Waals surface area contributed by atoms with Crippen LogP contribution in [0.4, 0.5) is 5.69 Å². The van der Waals surface area contributed by atoms with E-state index in [4.69, 9.17) is 17.3 Å². The van der Waals surface area contributed by atoms with Crippen LogP contribution >= 0.6 is 11.6 Å². The molecule has 0 radical (unpaired) electrons. The third-order valence-corrected chi connectivity index (χ3v) is 3.49. The van der Waals surface area contributed by atoms with Crippen molar-refractivity contribution < 1.29 is 19.1 Å². The van der Waals surface area contributed by atoms with Gasteiger partial charge in [0, 0.05) is 13.0 Å². The van der Waals surface area contributed by atoms with Crippen LogP contribution in [0.15, 0.2) is 18.2 Å². The van der Waals surface area contributed by atoms with E-state index < -0.39 is 17.8 Å². The quantitative estimate of drug-likeness (QED) is 0.841. The predicted molar refractivity (Wildman–Crippen MR) is 72.4 cm³/mol. The van der Waals surface area contributed by atoms with Crippen LogP contribution in [0.25, 0.3) is 0 Å². The molecule has 6 nitrogen and oxygen atoms in total. The van der Waals surface area contributed by atoms with E-state index in [0.29, 0.717) is 0 Å². The minimum atomic E-state index is -0.599. The first kappa shape index (κ1) is 14.3. The van der Waals surface area contributed by atoms with Crippen LogP contribution in [-0.4, -0.2) is 31.4 Å². The van der Waals surface area contributed by atoms with Gasteiger partial charge < -0.3 is 15.4 Å². The number of nitrogens with two attached hydrogens (primary N) is 1. The molecule has 0 bridgehead atoms. The molecule has 0 saturated carbocycles. The smallest absolute Gasteiger partial charge is 0.340 e. The number of hydrogen-bond acceptors (Lipinski definition) is 4. The monoisotopic (exact) mass is 296 g/mol. The molecule has 0 aliphatic carbocycles. The fourth-order valence-corrected chi connectivity index (χ4v) is 2.46. The van der Waals surface area contributed by atoms with Crippen LogP contribution in [0.5, 0.6) is 0 Å². The minimum absolute atomic E-state index is 0.0150. The van der Waals surface area contributed by atoms with E-state index in [-0.39, 0.29) is 35.1 Å². The Kier molecular flexibility index (Phi) is 3.94. The second kappa shape index (κ2) is 5.50. The molecule has 20 heavy (non-hydrogen) atoms. The largest absolute Gasteiger partial charge is 0.465 e. The summed E-state index contributed by atoms with van der Waals surface area (Å²) in [5.41, 5.74) is 5.66. The van der Waals surface area contributed by atoms with Crippen molar-refractivity contribution in [2.24, 2.45) is 11.7 Å². The molecule has 106 valence electrons. The van der Waals surface area contributed by atoms with Gasteiger partial charge in [-0.3, -0.25) is 9.59 Å². The molecule has 1 unspecified atom stereocenters. The van der Waals surface area contributed by atoms with E-state index in [2.05, 4.69) is 4.74 Å². The van der Waals surface area contributed by atoms with Crippen LogP contribution < -0.4 is 10.6 Å². The number of methoxy groups -OCH3 is 1. The lowest BCUT2D eigenvalue weighted by Gasteiger charge is -2.20. The molecule has 1 aromatic carbocycles. The molecule has 2 amide bonds. The average molecular weight is 297 g/mol. The molecule has 7 heteroatoms. The molecule has 2 rings (SSSR count). The van der Waals surface area contributed by atoms with Crippen molar-refractivity contribution in [3.63, 3.8) is 0 Å². The number of esters is 1. The van der Waals surface area contributed by atoms with Crippen LogP contribution in [0.3, 0.4) is 0 Å². The SMILES string of the molecule is COC(=O)c1cccc(Cl)c1N1CC(C(N)=O)CC1=O. The van der Waals surface area contributed by atoms with E-state index in [1.54, 1.807) is 12.1 Å². The van der Waals surface area contributed by atoms with Crippen LogP contribution in [0, 0.1) is 5.92 Å². The fourth-order valence-electron chi connectivity index (χ4n) is 2.18. The molecule has 1 aliphatic rings. The number of carbonyl (C=O) groups excluding carboxylic acids is 3. The molecule has 1 heterocycles. The van der Waals surface area contributed by atoms with Gasteiger partial charge in [0.1, 0.15) is 0 Å². The first-order valence-corrected chi connectivity index (χ1v) is 6.30. The second-order valence-electron chi connectivity index (χ2n) is 4.44. The van der Waals surface area contributed by atoms with Crippen molar-refractivity contribution in [2.45, 2.75) is 6.42 Å². The van der Waals surface area contributed by atoms with Gasteiger partial charge in [0.25, 0.3) is 0 Å². The predicted octanol–water partition coefficient (Wildman–Crippen LogP) is 0.965. The zero-order chi connectivity index (χ0) is 14.9. The number of rotatable bonds is 3. The minimum Gasteiger partial charge on any atom is -0.465 e. The summed E-state index contributed by atoms with van der Waals surface area (Å²) in [6, 6.07) is 4.66. The molecule has 1 saturated heterocycles. The molecular formula is C13H13ClN2O4. The van der Waals surface area contributed by atoms with Crippen molar-refractivity contribution in [1.29, 1.82) is 0 Å². The zero-order valence-electron chi connectivity index (χ0n) is 10.8. The zero-order valence-corrected chi connectivity index (χ0v) is 11.5. The molecular weight excluding hydrogens is 284 g/mol. The lowest BCUT2D eigenvalue weighted by Crippen LogP contribution is -2.29. The number of carbonyl (C=O) groups is 3.